The molecule has 0 radical (unpaired) electrons. The van der Waals surface area contributed by atoms with Gasteiger partial charge in [0, 0.05) is 25.2 Å². The fourth-order valence-electron chi connectivity index (χ4n) is 2.51. The monoisotopic (exact) mass is 380 g/mol. The van der Waals surface area contributed by atoms with Gasteiger partial charge in [0.25, 0.3) is 15.7 Å². The Morgan fingerprint density at radius 2 is 1.81 bits per heavy atom. The minimum absolute atomic E-state index is 0.0298. The number of ether oxygens (including phenoxy) is 3. The molecule has 0 unspecified atom stereocenters. The van der Waals surface area contributed by atoms with E-state index in [9.17, 15) is 18.5 Å². The molecule has 9 nitrogen and oxygen atoms in total. The lowest BCUT2D eigenvalue weighted by atomic mass is 10.2. The van der Waals surface area contributed by atoms with Crippen LogP contribution in [0, 0.1) is 10.1 Å². The van der Waals surface area contributed by atoms with Crippen LogP contribution in [0.2, 0.25) is 0 Å². The zero-order valence-electron chi connectivity index (χ0n) is 14.0. The summed E-state index contributed by atoms with van der Waals surface area (Å²) in [5.74, 6) is 0.988. The van der Waals surface area contributed by atoms with Gasteiger partial charge in [-0.1, -0.05) is 0 Å². The van der Waals surface area contributed by atoms with Gasteiger partial charge in [0.15, 0.2) is 11.5 Å². The van der Waals surface area contributed by atoms with E-state index in [1.165, 1.54) is 44.5 Å². The van der Waals surface area contributed by atoms with E-state index in [1.54, 1.807) is 0 Å². The van der Waals surface area contributed by atoms with Gasteiger partial charge in [-0.3, -0.25) is 14.4 Å². The Kier molecular flexibility index (Phi) is 4.60. The molecule has 2 aromatic rings. The minimum Gasteiger partial charge on any atom is -0.495 e. The van der Waals surface area contributed by atoms with E-state index < -0.39 is 14.9 Å². The summed E-state index contributed by atoms with van der Waals surface area (Å²) >= 11 is 0. The summed E-state index contributed by atoms with van der Waals surface area (Å²) in [6, 6.07) is 8.01. The molecule has 0 aliphatic carbocycles. The first kappa shape index (κ1) is 17.8. The molecule has 0 saturated carbocycles. The lowest BCUT2D eigenvalue weighted by molar-refractivity contribution is -0.384. The highest BCUT2D eigenvalue weighted by atomic mass is 32.2. The predicted molar refractivity (Wildman–Crippen MR) is 92.7 cm³/mol. The van der Waals surface area contributed by atoms with Crippen molar-refractivity contribution in [2.45, 2.75) is 4.90 Å². The molecule has 0 fully saturated rings. The van der Waals surface area contributed by atoms with Crippen LogP contribution in [0.3, 0.4) is 0 Å². The summed E-state index contributed by atoms with van der Waals surface area (Å²) in [5.41, 5.74) is -0.193. The van der Waals surface area contributed by atoms with Crippen LogP contribution < -0.4 is 18.5 Å². The number of hydrogen-bond acceptors (Lipinski definition) is 7. The minimum atomic E-state index is -4.01. The van der Waals surface area contributed by atoms with Crippen molar-refractivity contribution < 1.29 is 27.6 Å². The Morgan fingerprint density at radius 1 is 1.12 bits per heavy atom. The van der Waals surface area contributed by atoms with Gasteiger partial charge < -0.3 is 14.2 Å². The third kappa shape index (κ3) is 3.10. The van der Waals surface area contributed by atoms with Gasteiger partial charge in [-0.05, 0) is 18.2 Å². The SMILES string of the molecule is COc1ccc([N+](=O)[O-])cc1N(C)S(=O)(=O)c1ccc2c(c1)OCCO2. The molecular formula is C16H16N2O7S. The largest absolute Gasteiger partial charge is 0.495 e. The summed E-state index contributed by atoms with van der Waals surface area (Å²) in [5, 5.41) is 11.0. The molecule has 1 aliphatic rings. The molecule has 0 N–H and O–H groups in total. The van der Waals surface area contributed by atoms with Crippen LogP contribution in [-0.4, -0.2) is 40.7 Å². The Labute approximate surface area is 149 Å². The lowest BCUT2D eigenvalue weighted by Gasteiger charge is -2.23. The van der Waals surface area contributed by atoms with E-state index in [-0.39, 0.29) is 22.0 Å². The standard InChI is InChI=1S/C16H16N2O7S/c1-17(13-9-11(18(19)20)3-5-14(13)23-2)26(21,22)12-4-6-15-16(10-12)25-8-7-24-15/h3-6,9-10H,7-8H2,1-2H3. The number of nitro benzene ring substituents is 1. The van der Waals surface area contributed by atoms with Gasteiger partial charge in [0.05, 0.1) is 16.9 Å². The van der Waals surface area contributed by atoms with Crippen LogP contribution in [0.5, 0.6) is 17.2 Å². The number of nitrogens with zero attached hydrogens (tertiary/aromatic N) is 2. The van der Waals surface area contributed by atoms with E-state index in [0.717, 1.165) is 10.4 Å². The quantitative estimate of drug-likeness (QED) is 0.578. The summed E-state index contributed by atoms with van der Waals surface area (Å²) in [4.78, 5) is 10.4. The first-order valence-corrected chi connectivity index (χ1v) is 8.99. The zero-order valence-corrected chi connectivity index (χ0v) is 14.9. The van der Waals surface area contributed by atoms with Crippen molar-refractivity contribution in [1.29, 1.82) is 0 Å². The molecule has 0 spiro atoms. The van der Waals surface area contributed by atoms with Crippen molar-refractivity contribution >= 4 is 21.4 Å². The predicted octanol–water partition coefficient (Wildman–Crippen LogP) is 2.20. The molecule has 0 bridgehead atoms. The molecule has 138 valence electrons. The third-order valence-electron chi connectivity index (χ3n) is 3.88. The average molecular weight is 380 g/mol. The number of non-ortho nitro benzene ring substituents is 1. The summed E-state index contributed by atoms with van der Waals surface area (Å²) in [6.07, 6.45) is 0. The van der Waals surface area contributed by atoms with Gasteiger partial charge in [-0.25, -0.2) is 8.42 Å². The molecule has 0 amide bonds. The molecule has 1 aliphatic heterocycles. The van der Waals surface area contributed by atoms with E-state index in [4.69, 9.17) is 14.2 Å². The van der Waals surface area contributed by atoms with Crippen LogP contribution >= 0.6 is 0 Å². The highest BCUT2D eigenvalue weighted by Gasteiger charge is 2.27. The number of methoxy groups -OCH3 is 1. The Balaban J connectivity index is 2.04. The summed E-state index contributed by atoms with van der Waals surface area (Å²) < 4.78 is 42.8. The van der Waals surface area contributed by atoms with Gasteiger partial charge >= 0.3 is 0 Å². The highest BCUT2D eigenvalue weighted by molar-refractivity contribution is 7.92. The molecule has 0 saturated heterocycles. The number of fused-ring (bicyclic) bond motifs is 1. The topological polar surface area (TPSA) is 108 Å². The lowest BCUT2D eigenvalue weighted by Crippen LogP contribution is -2.27. The Bertz CT molecular complexity index is 959. The summed E-state index contributed by atoms with van der Waals surface area (Å²) in [7, 11) is -1.35. The van der Waals surface area contributed by atoms with E-state index in [1.807, 2.05) is 0 Å². The third-order valence-corrected chi connectivity index (χ3v) is 5.65. The van der Waals surface area contributed by atoms with Crippen molar-refractivity contribution in [2.75, 3.05) is 31.7 Å². The number of anilines is 1. The number of hydrogen-bond donors (Lipinski definition) is 0. The van der Waals surface area contributed by atoms with Crippen molar-refractivity contribution in [3.8, 4) is 17.2 Å². The Morgan fingerprint density at radius 3 is 2.46 bits per heavy atom. The Hall–Kier alpha value is -3.01. The first-order valence-electron chi connectivity index (χ1n) is 7.55. The normalized spacial score (nSPS) is 13.2. The van der Waals surface area contributed by atoms with Gasteiger partial charge in [0.1, 0.15) is 24.7 Å². The fraction of sp³-hybridized carbons (Fsp3) is 0.250. The van der Waals surface area contributed by atoms with Crippen LogP contribution in [0.15, 0.2) is 41.3 Å². The molecule has 0 atom stereocenters. The molecular weight excluding hydrogens is 364 g/mol. The molecule has 1 heterocycles. The second kappa shape index (κ2) is 6.71. The number of nitro groups is 1. The zero-order chi connectivity index (χ0) is 18.9. The second-order valence-corrected chi connectivity index (χ2v) is 7.36. The van der Waals surface area contributed by atoms with Crippen LogP contribution in [-0.2, 0) is 10.0 Å². The maximum absolute atomic E-state index is 13.0. The fourth-order valence-corrected chi connectivity index (χ4v) is 3.72. The van der Waals surface area contributed by atoms with Crippen LogP contribution in [0.1, 0.15) is 0 Å². The number of benzene rings is 2. The van der Waals surface area contributed by atoms with Gasteiger partial charge in [-0.15, -0.1) is 0 Å². The number of rotatable bonds is 5. The molecule has 3 rings (SSSR count). The van der Waals surface area contributed by atoms with Crippen molar-refractivity contribution in [3.63, 3.8) is 0 Å². The van der Waals surface area contributed by atoms with Crippen molar-refractivity contribution in [2.24, 2.45) is 0 Å². The molecule has 2 aromatic carbocycles. The van der Waals surface area contributed by atoms with Crippen LogP contribution in [0.4, 0.5) is 11.4 Å². The van der Waals surface area contributed by atoms with E-state index in [0.29, 0.717) is 24.7 Å². The van der Waals surface area contributed by atoms with Crippen molar-refractivity contribution in [3.05, 3.63) is 46.5 Å². The second-order valence-electron chi connectivity index (χ2n) is 5.39. The number of sulfonamides is 1. The molecule has 0 aromatic heterocycles. The first-order chi connectivity index (χ1) is 12.3. The average Bonchev–Trinajstić information content (AvgIpc) is 2.66. The maximum atomic E-state index is 13.0. The highest BCUT2D eigenvalue weighted by Crippen LogP contribution is 2.37. The van der Waals surface area contributed by atoms with Gasteiger partial charge in [-0.2, -0.15) is 0 Å². The van der Waals surface area contributed by atoms with Crippen molar-refractivity contribution in [1.82, 2.24) is 0 Å². The smallest absolute Gasteiger partial charge is 0.271 e. The maximum Gasteiger partial charge on any atom is 0.271 e. The molecule has 10 heteroatoms. The van der Waals surface area contributed by atoms with Crippen LogP contribution in [0.25, 0.3) is 0 Å². The molecule has 26 heavy (non-hydrogen) atoms. The summed E-state index contributed by atoms with van der Waals surface area (Å²) in [6.45, 7) is 0.717. The van der Waals surface area contributed by atoms with E-state index >= 15 is 0 Å². The van der Waals surface area contributed by atoms with Gasteiger partial charge in [0.2, 0.25) is 0 Å². The van der Waals surface area contributed by atoms with E-state index in [2.05, 4.69) is 0 Å².